The Morgan fingerprint density at radius 1 is 1.33 bits per heavy atom. The number of methoxy groups -OCH3 is 1. The van der Waals surface area contributed by atoms with Crippen LogP contribution < -0.4 is 0 Å². The molecule has 3 atom stereocenters. The van der Waals surface area contributed by atoms with Crippen LogP contribution in [0.4, 0.5) is 0 Å². The Labute approximate surface area is 164 Å². The molecule has 0 saturated carbocycles. The fourth-order valence-corrected chi connectivity index (χ4v) is 2.98. The summed E-state index contributed by atoms with van der Waals surface area (Å²) in [7, 11) is 1.74. The molecule has 0 aliphatic carbocycles. The first-order valence-corrected chi connectivity index (χ1v) is 9.72. The van der Waals surface area contributed by atoms with Crippen molar-refractivity contribution in [1.29, 1.82) is 0 Å². The first-order chi connectivity index (χ1) is 12.7. The lowest BCUT2D eigenvalue weighted by atomic mass is 9.97. The second-order valence-corrected chi connectivity index (χ2v) is 7.51. The van der Waals surface area contributed by atoms with Gasteiger partial charge >= 0.3 is 5.97 Å². The second kappa shape index (κ2) is 11.4. The van der Waals surface area contributed by atoms with Crippen molar-refractivity contribution in [2.45, 2.75) is 72.4 Å². The third-order valence-electron chi connectivity index (χ3n) is 4.57. The lowest BCUT2D eigenvalue weighted by molar-refractivity contribution is -0.138. The molecule has 154 valence electrons. The Bertz CT molecular complexity index is 559. The lowest BCUT2D eigenvalue weighted by Gasteiger charge is -2.20. The number of rotatable bonds is 10. The molecule has 0 aromatic rings. The van der Waals surface area contributed by atoms with E-state index in [4.69, 9.17) is 18.9 Å². The van der Waals surface area contributed by atoms with Crippen LogP contribution in [0, 0.1) is 5.92 Å². The van der Waals surface area contributed by atoms with Crippen LogP contribution in [0.25, 0.3) is 0 Å². The van der Waals surface area contributed by atoms with Crippen molar-refractivity contribution < 1.29 is 23.7 Å². The summed E-state index contributed by atoms with van der Waals surface area (Å²) in [5.74, 6) is -0.537. The van der Waals surface area contributed by atoms with Gasteiger partial charge in [0.1, 0.15) is 6.10 Å². The first-order valence-electron chi connectivity index (χ1n) is 9.72. The van der Waals surface area contributed by atoms with E-state index in [1.165, 1.54) is 5.57 Å². The summed E-state index contributed by atoms with van der Waals surface area (Å²) >= 11 is 0. The van der Waals surface area contributed by atoms with Gasteiger partial charge in [-0.1, -0.05) is 36.8 Å². The van der Waals surface area contributed by atoms with Gasteiger partial charge < -0.3 is 18.9 Å². The van der Waals surface area contributed by atoms with Gasteiger partial charge in [-0.05, 0) is 47.5 Å². The third-order valence-corrected chi connectivity index (χ3v) is 4.57. The fraction of sp³-hybridized carbons (Fsp3) is 0.682. The van der Waals surface area contributed by atoms with Crippen LogP contribution in [0.3, 0.4) is 0 Å². The van der Waals surface area contributed by atoms with E-state index in [0.29, 0.717) is 18.8 Å². The molecule has 5 nitrogen and oxygen atoms in total. The molecule has 1 aliphatic heterocycles. The Morgan fingerprint density at radius 2 is 2.04 bits per heavy atom. The summed E-state index contributed by atoms with van der Waals surface area (Å²) in [6.45, 7) is 12.6. The van der Waals surface area contributed by atoms with Crippen molar-refractivity contribution in [3.05, 3.63) is 35.5 Å². The van der Waals surface area contributed by atoms with Gasteiger partial charge in [0.2, 0.25) is 0 Å². The van der Waals surface area contributed by atoms with E-state index in [2.05, 4.69) is 26.0 Å². The maximum atomic E-state index is 11.6. The van der Waals surface area contributed by atoms with Crippen LogP contribution in [0.2, 0.25) is 0 Å². The van der Waals surface area contributed by atoms with Gasteiger partial charge in [0.15, 0.2) is 5.79 Å². The lowest BCUT2D eigenvalue weighted by Crippen LogP contribution is -2.21. The monoisotopic (exact) mass is 380 g/mol. The van der Waals surface area contributed by atoms with E-state index in [0.717, 1.165) is 12.8 Å². The Kier molecular flexibility index (Phi) is 9.99. The Morgan fingerprint density at radius 3 is 2.59 bits per heavy atom. The molecule has 1 heterocycles. The SMILES string of the molecule is CCOC(=O)/C(C)=C\C=C\[C@H](C)[C@H](CC/C(C)=C\C1COC(C)(C)O1)OC. The van der Waals surface area contributed by atoms with Crippen LogP contribution >= 0.6 is 0 Å². The molecule has 0 N–H and O–H groups in total. The molecular weight excluding hydrogens is 344 g/mol. The van der Waals surface area contributed by atoms with Crippen LogP contribution in [0.1, 0.15) is 54.4 Å². The Hall–Kier alpha value is -1.43. The number of ether oxygens (including phenoxy) is 4. The van der Waals surface area contributed by atoms with Crippen molar-refractivity contribution in [3.63, 3.8) is 0 Å². The van der Waals surface area contributed by atoms with Crippen molar-refractivity contribution in [1.82, 2.24) is 0 Å². The molecule has 1 saturated heterocycles. The van der Waals surface area contributed by atoms with Gasteiger partial charge in [-0.3, -0.25) is 0 Å². The number of hydrogen-bond acceptors (Lipinski definition) is 5. The highest BCUT2D eigenvalue weighted by atomic mass is 16.7. The molecule has 1 fully saturated rings. The van der Waals surface area contributed by atoms with Crippen LogP contribution in [0.15, 0.2) is 35.5 Å². The molecule has 0 amide bonds. The first kappa shape index (κ1) is 23.6. The molecular formula is C22H36O5. The van der Waals surface area contributed by atoms with Gasteiger partial charge in [0, 0.05) is 18.6 Å². The minimum atomic E-state index is -0.495. The second-order valence-electron chi connectivity index (χ2n) is 7.51. The zero-order chi connectivity index (χ0) is 20.4. The molecule has 1 aliphatic rings. The van der Waals surface area contributed by atoms with Gasteiger partial charge in [-0.2, -0.15) is 0 Å². The normalized spacial score (nSPS) is 22.9. The molecule has 0 aromatic carbocycles. The van der Waals surface area contributed by atoms with Crippen LogP contribution in [-0.4, -0.2) is 44.3 Å². The fourth-order valence-electron chi connectivity index (χ4n) is 2.98. The van der Waals surface area contributed by atoms with Crippen molar-refractivity contribution >= 4 is 5.97 Å². The number of carbonyl (C=O) groups excluding carboxylic acids is 1. The van der Waals surface area contributed by atoms with E-state index in [1.807, 2.05) is 19.9 Å². The highest BCUT2D eigenvalue weighted by Crippen LogP contribution is 2.25. The summed E-state index contributed by atoms with van der Waals surface area (Å²) in [6.07, 6.45) is 9.88. The predicted molar refractivity (Wildman–Crippen MR) is 107 cm³/mol. The van der Waals surface area contributed by atoms with E-state index < -0.39 is 5.79 Å². The maximum Gasteiger partial charge on any atom is 0.333 e. The van der Waals surface area contributed by atoms with Crippen LogP contribution in [-0.2, 0) is 23.7 Å². The molecule has 0 radical (unpaired) electrons. The zero-order valence-electron chi connectivity index (χ0n) is 17.9. The van der Waals surface area contributed by atoms with Gasteiger partial charge in [-0.25, -0.2) is 4.79 Å². The average Bonchev–Trinajstić information content (AvgIpc) is 2.93. The van der Waals surface area contributed by atoms with E-state index in [9.17, 15) is 4.79 Å². The predicted octanol–water partition coefficient (Wildman–Crippen LogP) is 4.58. The van der Waals surface area contributed by atoms with Crippen LogP contribution in [0.5, 0.6) is 0 Å². The molecule has 0 bridgehead atoms. The molecule has 5 heteroatoms. The Balaban J connectivity index is 2.51. The summed E-state index contributed by atoms with van der Waals surface area (Å²) in [6, 6.07) is 0. The van der Waals surface area contributed by atoms with Gasteiger partial charge in [-0.15, -0.1) is 0 Å². The molecule has 0 aromatic heterocycles. The topological polar surface area (TPSA) is 54.0 Å². The molecule has 1 rings (SSSR count). The summed E-state index contributed by atoms with van der Waals surface area (Å²) < 4.78 is 22.1. The van der Waals surface area contributed by atoms with Gasteiger partial charge in [0.05, 0.1) is 19.3 Å². The minimum absolute atomic E-state index is 0.0225. The number of hydrogen-bond donors (Lipinski definition) is 0. The van der Waals surface area contributed by atoms with Crippen molar-refractivity contribution in [2.24, 2.45) is 5.92 Å². The number of allylic oxidation sites excluding steroid dienone is 3. The molecule has 27 heavy (non-hydrogen) atoms. The van der Waals surface area contributed by atoms with E-state index >= 15 is 0 Å². The third kappa shape index (κ3) is 8.87. The number of esters is 1. The average molecular weight is 381 g/mol. The molecule has 0 spiro atoms. The summed E-state index contributed by atoms with van der Waals surface area (Å²) in [5.41, 5.74) is 1.87. The highest BCUT2D eigenvalue weighted by molar-refractivity contribution is 5.88. The number of carbonyl (C=O) groups is 1. The minimum Gasteiger partial charge on any atom is -0.463 e. The quantitative estimate of drug-likeness (QED) is 0.240. The van der Waals surface area contributed by atoms with Crippen molar-refractivity contribution in [2.75, 3.05) is 20.3 Å². The standard InChI is InChI=1S/C22H36O5/c1-8-25-21(23)18(4)11-9-10-17(3)20(24-7)13-12-16(2)14-19-15-26-22(5,6)27-19/h9-11,14,17,19-20H,8,12-13,15H2,1-7H3/b10-9+,16-14-,18-11-/t17-,19?,20-/m0/s1. The van der Waals surface area contributed by atoms with E-state index in [1.54, 1.807) is 27.0 Å². The maximum absolute atomic E-state index is 11.6. The molecule has 1 unspecified atom stereocenters. The van der Waals surface area contributed by atoms with Crippen molar-refractivity contribution in [3.8, 4) is 0 Å². The highest BCUT2D eigenvalue weighted by Gasteiger charge is 2.31. The van der Waals surface area contributed by atoms with E-state index in [-0.39, 0.29) is 24.1 Å². The zero-order valence-corrected chi connectivity index (χ0v) is 17.9. The van der Waals surface area contributed by atoms with Gasteiger partial charge in [0.25, 0.3) is 0 Å². The smallest absolute Gasteiger partial charge is 0.333 e. The largest absolute Gasteiger partial charge is 0.463 e. The summed E-state index contributed by atoms with van der Waals surface area (Å²) in [4.78, 5) is 11.6. The summed E-state index contributed by atoms with van der Waals surface area (Å²) in [5, 5.41) is 0.